The summed E-state index contributed by atoms with van der Waals surface area (Å²) in [5.41, 5.74) is 7.20. The second-order valence-corrected chi connectivity index (χ2v) is 9.78. The van der Waals surface area contributed by atoms with Crippen molar-refractivity contribution in [2.24, 2.45) is 0 Å². The van der Waals surface area contributed by atoms with Gasteiger partial charge in [-0.2, -0.15) is 0 Å². The number of hydrogen-bond donors (Lipinski definition) is 0. The molecule has 7 aromatic carbocycles. The lowest BCUT2D eigenvalue weighted by molar-refractivity contribution is 0.487. The van der Waals surface area contributed by atoms with Gasteiger partial charge in [-0.25, -0.2) is 0 Å². The van der Waals surface area contributed by atoms with E-state index in [1.165, 1.54) is 60.1 Å². The molecular formula is C36H22O. The highest BCUT2D eigenvalue weighted by Gasteiger charge is 2.20. The Bertz CT molecular complexity index is 2010. The molecule has 0 unspecified atom stereocenters. The normalized spacial score (nSPS) is 12.0. The lowest BCUT2D eigenvalue weighted by Crippen LogP contribution is -1.97. The minimum atomic E-state index is 0.910. The first kappa shape index (κ1) is 20.3. The predicted octanol–water partition coefficient (Wildman–Crippen LogP) is 10.3. The van der Waals surface area contributed by atoms with Gasteiger partial charge in [0.25, 0.3) is 0 Å². The van der Waals surface area contributed by atoms with Crippen molar-refractivity contribution in [3.05, 3.63) is 133 Å². The fraction of sp³-hybridized carbons (Fsp3) is 0. The van der Waals surface area contributed by atoms with Gasteiger partial charge in [-0.1, -0.05) is 103 Å². The zero-order valence-corrected chi connectivity index (χ0v) is 20.1. The molecular weight excluding hydrogens is 448 g/mol. The van der Waals surface area contributed by atoms with E-state index in [1.807, 2.05) is 0 Å². The van der Waals surface area contributed by atoms with Crippen LogP contribution in [-0.2, 0) is 0 Å². The fourth-order valence-corrected chi connectivity index (χ4v) is 5.81. The average molecular weight is 471 g/mol. The maximum atomic E-state index is 6.30. The second-order valence-electron chi connectivity index (χ2n) is 9.78. The Hall–Kier alpha value is -4.88. The van der Waals surface area contributed by atoms with Crippen LogP contribution in [0.1, 0.15) is 0 Å². The molecule has 0 fully saturated rings. The molecule has 1 heterocycles. The molecule has 8 rings (SSSR count). The molecule has 0 amide bonds. The molecule has 0 N–H and O–H groups in total. The summed E-state index contributed by atoms with van der Waals surface area (Å²) >= 11 is 0. The maximum Gasteiger partial charge on any atom is 0.135 e. The lowest BCUT2D eigenvalue weighted by Gasteiger charge is -2.22. The van der Waals surface area contributed by atoms with Crippen molar-refractivity contribution >= 4 is 32.3 Å². The van der Waals surface area contributed by atoms with E-state index >= 15 is 0 Å². The van der Waals surface area contributed by atoms with Gasteiger partial charge in [0.1, 0.15) is 11.5 Å². The minimum Gasteiger partial charge on any atom is -0.456 e. The van der Waals surface area contributed by atoms with Crippen molar-refractivity contribution in [2.75, 3.05) is 0 Å². The van der Waals surface area contributed by atoms with Crippen LogP contribution in [-0.4, -0.2) is 0 Å². The Balaban J connectivity index is 1.23. The molecule has 1 aliphatic rings. The highest BCUT2D eigenvalue weighted by atomic mass is 16.5. The smallest absolute Gasteiger partial charge is 0.135 e. The largest absolute Gasteiger partial charge is 0.456 e. The molecule has 0 saturated heterocycles. The molecule has 7 aromatic rings. The van der Waals surface area contributed by atoms with E-state index in [1.54, 1.807) is 0 Å². The van der Waals surface area contributed by atoms with Gasteiger partial charge in [0, 0.05) is 10.9 Å². The summed E-state index contributed by atoms with van der Waals surface area (Å²) in [7, 11) is 0. The Labute approximate surface area is 215 Å². The van der Waals surface area contributed by atoms with E-state index < -0.39 is 0 Å². The molecule has 1 aliphatic heterocycles. The summed E-state index contributed by atoms with van der Waals surface area (Å²) in [6.07, 6.45) is 0. The third kappa shape index (κ3) is 3.18. The molecule has 1 heteroatoms. The highest BCUT2D eigenvalue weighted by Crippen LogP contribution is 2.47. The Morgan fingerprint density at radius 3 is 1.95 bits per heavy atom. The van der Waals surface area contributed by atoms with Gasteiger partial charge < -0.3 is 4.74 Å². The van der Waals surface area contributed by atoms with E-state index in [4.69, 9.17) is 4.74 Å². The maximum absolute atomic E-state index is 6.30. The van der Waals surface area contributed by atoms with E-state index in [0.717, 1.165) is 17.1 Å². The zero-order valence-electron chi connectivity index (χ0n) is 20.1. The molecule has 0 aliphatic carbocycles. The zero-order chi connectivity index (χ0) is 24.3. The highest BCUT2D eigenvalue weighted by molar-refractivity contribution is 6.08. The van der Waals surface area contributed by atoms with Gasteiger partial charge in [0.05, 0.1) is 0 Å². The van der Waals surface area contributed by atoms with Crippen LogP contribution in [0.3, 0.4) is 0 Å². The number of ether oxygens (including phenoxy) is 1. The van der Waals surface area contributed by atoms with Crippen LogP contribution in [0.4, 0.5) is 0 Å². The summed E-state index contributed by atoms with van der Waals surface area (Å²) < 4.78 is 6.30. The first-order valence-corrected chi connectivity index (χ1v) is 12.7. The number of rotatable bonds is 2. The molecule has 1 nitrogen and oxygen atoms in total. The summed E-state index contributed by atoms with van der Waals surface area (Å²) in [6, 6.07) is 48.0. The van der Waals surface area contributed by atoms with Crippen LogP contribution < -0.4 is 4.74 Å². The van der Waals surface area contributed by atoms with Crippen molar-refractivity contribution in [1.82, 2.24) is 0 Å². The van der Waals surface area contributed by atoms with Gasteiger partial charge in [-0.15, -0.1) is 0 Å². The predicted molar refractivity (Wildman–Crippen MR) is 155 cm³/mol. The molecule has 0 atom stereocenters. The monoisotopic (exact) mass is 470 g/mol. The van der Waals surface area contributed by atoms with Gasteiger partial charge in [-0.05, 0) is 85.1 Å². The third-order valence-corrected chi connectivity index (χ3v) is 7.63. The van der Waals surface area contributed by atoms with Gasteiger partial charge in [0.15, 0.2) is 0 Å². The fourth-order valence-electron chi connectivity index (χ4n) is 5.81. The summed E-state index contributed by atoms with van der Waals surface area (Å²) in [5.74, 6) is 1.84. The second kappa shape index (κ2) is 7.81. The molecule has 0 saturated carbocycles. The summed E-state index contributed by atoms with van der Waals surface area (Å²) in [5, 5.41) is 7.53. The number of benzene rings is 7. The third-order valence-electron chi connectivity index (χ3n) is 7.63. The lowest BCUT2D eigenvalue weighted by atomic mass is 9.91. The van der Waals surface area contributed by atoms with E-state index in [0.29, 0.717) is 0 Å². The SMILES string of the molecule is c1cc(-c2ccc3c(c2)-c2cccc4cccc(c24)O3)cc(-c2ccc3c(ccc4ccccc43)c2)c1. The molecule has 0 radical (unpaired) electrons. The van der Waals surface area contributed by atoms with Crippen molar-refractivity contribution in [3.8, 4) is 44.9 Å². The Kier molecular flexibility index (Phi) is 4.29. The molecule has 0 spiro atoms. The van der Waals surface area contributed by atoms with E-state index in [2.05, 4.69) is 133 Å². The topological polar surface area (TPSA) is 9.23 Å². The van der Waals surface area contributed by atoms with Crippen molar-refractivity contribution < 1.29 is 4.74 Å². The number of hydrogen-bond acceptors (Lipinski definition) is 1. The van der Waals surface area contributed by atoms with Gasteiger partial charge in [0.2, 0.25) is 0 Å². The van der Waals surface area contributed by atoms with Crippen LogP contribution in [0.25, 0.3) is 65.7 Å². The summed E-state index contributed by atoms with van der Waals surface area (Å²) in [4.78, 5) is 0. The van der Waals surface area contributed by atoms with Gasteiger partial charge >= 0.3 is 0 Å². The van der Waals surface area contributed by atoms with Crippen molar-refractivity contribution in [2.45, 2.75) is 0 Å². The van der Waals surface area contributed by atoms with Crippen LogP contribution in [0.15, 0.2) is 133 Å². The Morgan fingerprint density at radius 2 is 1.03 bits per heavy atom. The Morgan fingerprint density at radius 1 is 0.351 bits per heavy atom. The quantitative estimate of drug-likeness (QED) is 0.228. The van der Waals surface area contributed by atoms with E-state index in [9.17, 15) is 0 Å². The number of fused-ring (bicyclic) bond motifs is 5. The van der Waals surface area contributed by atoms with E-state index in [-0.39, 0.29) is 0 Å². The molecule has 0 aromatic heterocycles. The van der Waals surface area contributed by atoms with Crippen molar-refractivity contribution in [3.63, 3.8) is 0 Å². The average Bonchev–Trinajstić information content (AvgIpc) is 2.97. The molecule has 37 heavy (non-hydrogen) atoms. The van der Waals surface area contributed by atoms with Crippen LogP contribution in [0, 0.1) is 0 Å². The molecule has 172 valence electrons. The standard InChI is InChI=1S/C36H22O/c1-2-11-30-23(6-1)14-15-29-21-27(16-18-31(29)30)25-9-3-10-26(20-25)28-17-19-34-33(22-28)32-12-4-7-24-8-5-13-35(37-34)36(24)32/h1-22H. The molecule has 0 bridgehead atoms. The summed E-state index contributed by atoms with van der Waals surface area (Å²) in [6.45, 7) is 0. The van der Waals surface area contributed by atoms with Gasteiger partial charge in [-0.3, -0.25) is 0 Å². The van der Waals surface area contributed by atoms with Crippen LogP contribution >= 0.6 is 0 Å². The first-order chi connectivity index (χ1) is 18.3. The first-order valence-electron chi connectivity index (χ1n) is 12.7. The van der Waals surface area contributed by atoms with Crippen LogP contribution in [0.5, 0.6) is 11.5 Å². The minimum absolute atomic E-state index is 0.910. The van der Waals surface area contributed by atoms with Crippen LogP contribution in [0.2, 0.25) is 0 Å². The van der Waals surface area contributed by atoms with Crippen molar-refractivity contribution in [1.29, 1.82) is 0 Å².